The van der Waals surface area contributed by atoms with Crippen molar-refractivity contribution in [3.8, 4) is 0 Å². The first-order chi connectivity index (χ1) is 19.4. The van der Waals surface area contributed by atoms with Gasteiger partial charge in [-0.2, -0.15) is 0 Å². The Labute approximate surface area is 249 Å². The van der Waals surface area contributed by atoms with Gasteiger partial charge in [0, 0.05) is 26.1 Å². The SMILES string of the molecule is CCC(=O)O.CCC(=O)O.CCCCCCCCCCCCCCO.CCCCCCCCCCCCCCO. The van der Waals surface area contributed by atoms with Crippen LogP contribution in [0.15, 0.2) is 0 Å². The summed E-state index contributed by atoms with van der Waals surface area (Å²) in [6, 6.07) is 0. The molecule has 0 unspecified atom stereocenters. The number of carboxylic acids is 2. The van der Waals surface area contributed by atoms with E-state index < -0.39 is 11.9 Å². The fourth-order valence-corrected chi connectivity index (χ4v) is 3.91. The van der Waals surface area contributed by atoms with E-state index >= 15 is 0 Å². The average molecular weight is 577 g/mol. The molecule has 0 atom stereocenters. The van der Waals surface area contributed by atoms with E-state index in [0.717, 1.165) is 12.8 Å². The minimum absolute atomic E-state index is 0.222. The molecule has 244 valence electrons. The summed E-state index contributed by atoms with van der Waals surface area (Å²) in [6.45, 7) is 8.48. The Bertz CT molecular complexity index is 378. The van der Waals surface area contributed by atoms with E-state index in [1.54, 1.807) is 13.8 Å². The number of aliphatic carboxylic acids is 2. The third-order valence-electron chi connectivity index (χ3n) is 6.63. The topological polar surface area (TPSA) is 115 Å². The molecule has 0 aliphatic rings. The second kappa shape index (κ2) is 47.6. The molecule has 6 nitrogen and oxygen atoms in total. The van der Waals surface area contributed by atoms with Crippen LogP contribution in [0, 0.1) is 0 Å². The third-order valence-corrected chi connectivity index (χ3v) is 6.63. The second-order valence-corrected chi connectivity index (χ2v) is 10.7. The van der Waals surface area contributed by atoms with Gasteiger partial charge in [0.2, 0.25) is 0 Å². The van der Waals surface area contributed by atoms with Gasteiger partial charge >= 0.3 is 11.9 Å². The molecular formula is C34H72O6. The molecule has 0 saturated heterocycles. The highest BCUT2D eigenvalue weighted by Crippen LogP contribution is 2.12. The van der Waals surface area contributed by atoms with Gasteiger partial charge in [-0.1, -0.05) is 169 Å². The highest BCUT2D eigenvalue weighted by atomic mass is 16.4. The molecule has 0 saturated carbocycles. The number of hydrogen-bond donors (Lipinski definition) is 4. The summed E-state index contributed by atoms with van der Waals surface area (Å²) in [4.78, 5) is 18.7. The normalized spacial score (nSPS) is 9.95. The van der Waals surface area contributed by atoms with Crippen molar-refractivity contribution in [3.05, 3.63) is 0 Å². The van der Waals surface area contributed by atoms with Crippen molar-refractivity contribution < 1.29 is 30.0 Å². The molecule has 0 aromatic heterocycles. The number of rotatable bonds is 26. The lowest BCUT2D eigenvalue weighted by Crippen LogP contribution is -1.86. The summed E-state index contributed by atoms with van der Waals surface area (Å²) < 4.78 is 0. The molecule has 0 rings (SSSR count). The van der Waals surface area contributed by atoms with Crippen molar-refractivity contribution in [2.75, 3.05) is 13.2 Å². The van der Waals surface area contributed by atoms with E-state index in [1.807, 2.05) is 0 Å². The first kappa shape index (κ1) is 45.8. The minimum atomic E-state index is -0.745. The Morgan fingerprint density at radius 2 is 0.500 bits per heavy atom. The van der Waals surface area contributed by atoms with Crippen molar-refractivity contribution in [2.45, 2.75) is 195 Å². The molecule has 0 spiro atoms. The maximum absolute atomic E-state index is 9.37. The predicted octanol–water partition coefficient (Wildman–Crippen LogP) is 10.3. The average Bonchev–Trinajstić information content (AvgIpc) is 2.95. The van der Waals surface area contributed by atoms with Gasteiger partial charge in [0.1, 0.15) is 0 Å². The predicted molar refractivity (Wildman–Crippen MR) is 172 cm³/mol. The van der Waals surface area contributed by atoms with Crippen LogP contribution in [0.4, 0.5) is 0 Å². The van der Waals surface area contributed by atoms with Gasteiger partial charge in [-0.05, 0) is 12.8 Å². The van der Waals surface area contributed by atoms with E-state index in [2.05, 4.69) is 13.8 Å². The summed E-state index contributed by atoms with van der Waals surface area (Å²) >= 11 is 0. The van der Waals surface area contributed by atoms with Crippen LogP contribution in [-0.4, -0.2) is 45.6 Å². The van der Waals surface area contributed by atoms with Crippen molar-refractivity contribution in [1.82, 2.24) is 0 Å². The monoisotopic (exact) mass is 577 g/mol. The van der Waals surface area contributed by atoms with Gasteiger partial charge in [0.25, 0.3) is 0 Å². The standard InChI is InChI=1S/2C14H30O.2C3H6O2/c2*1-2-3-4-5-6-7-8-9-10-11-12-13-14-15;2*1-2-3(4)5/h2*15H,2-14H2,1H3;2*2H2,1H3,(H,4,5). The molecule has 0 radical (unpaired) electrons. The van der Waals surface area contributed by atoms with Gasteiger partial charge in [-0.25, -0.2) is 0 Å². The Kier molecular flexibility index (Phi) is 54.6. The van der Waals surface area contributed by atoms with Crippen LogP contribution >= 0.6 is 0 Å². The lowest BCUT2D eigenvalue weighted by molar-refractivity contribution is -0.137. The first-order valence-corrected chi connectivity index (χ1v) is 17.0. The summed E-state index contributed by atoms with van der Waals surface area (Å²) in [6.07, 6.45) is 32.9. The molecule has 0 amide bonds. The number of unbranched alkanes of at least 4 members (excludes halogenated alkanes) is 22. The number of aliphatic hydroxyl groups excluding tert-OH is 2. The number of carbonyl (C=O) groups is 2. The fraction of sp³-hybridized carbons (Fsp3) is 0.941. The lowest BCUT2D eigenvalue weighted by atomic mass is 10.1. The zero-order valence-corrected chi connectivity index (χ0v) is 27.4. The third kappa shape index (κ3) is 65.7. The second-order valence-electron chi connectivity index (χ2n) is 10.7. The van der Waals surface area contributed by atoms with E-state index in [9.17, 15) is 9.59 Å². The summed E-state index contributed by atoms with van der Waals surface area (Å²) in [5.41, 5.74) is 0. The van der Waals surface area contributed by atoms with Crippen molar-refractivity contribution in [2.24, 2.45) is 0 Å². The van der Waals surface area contributed by atoms with Crippen LogP contribution in [0.3, 0.4) is 0 Å². The molecule has 40 heavy (non-hydrogen) atoms. The van der Waals surface area contributed by atoms with E-state index in [0.29, 0.717) is 13.2 Å². The molecule has 0 heterocycles. The maximum Gasteiger partial charge on any atom is 0.303 e. The molecule has 0 aromatic carbocycles. The number of hydrogen-bond acceptors (Lipinski definition) is 4. The van der Waals surface area contributed by atoms with Gasteiger partial charge in [-0.3, -0.25) is 9.59 Å². The van der Waals surface area contributed by atoms with Crippen LogP contribution in [0.25, 0.3) is 0 Å². The molecule has 0 fully saturated rings. The van der Waals surface area contributed by atoms with Crippen molar-refractivity contribution in [1.29, 1.82) is 0 Å². The van der Waals surface area contributed by atoms with E-state index in [4.69, 9.17) is 20.4 Å². The zero-order valence-electron chi connectivity index (χ0n) is 27.4. The lowest BCUT2D eigenvalue weighted by Gasteiger charge is -2.01. The van der Waals surface area contributed by atoms with Crippen LogP contribution in [0.1, 0.15) is 195 Å². The Morgan fingerprint density at radius 1 is 0.350 bits per heavy atom. The molecule has 6 heteroatoms. The fourth-order valence-electron chi connectivity index (χ4n) is 3.91. The summed E-state index contributed by atoms with van der Waals surface area (Å²) in [5, 5.41) is 32.7. The van der Waals surface area contributed by atoms with E-state index in [-0.39, 0.29) is 12.8 Å². The molecule has 4 N–H and O–H groups in total. The molecule has 0 aliphatic carbocycles. The first-order valence-electron chi connectivity index (χ1n) is 17.0. The highest BCUT2D eigenvalue weighted by Gasteiger charge is 1.93. The number of aliphatic hydroxyl groups is 2. The Morgan fingerprint density at radius 3 is 0.625 bits per heavy atom. The van der Waals surface area contributed by atoms with Crippen LogP contribution in [0.5, 0.6) is 0 Å². The van der Waals surface area contributed by atoms with Crippen LogP contribution in [-0.2, 0) is 9.59 Å². The minimum Gasteiger partial charge on any atom is -0.481 e. The van der Waals surface area contributed by atoms with Gasteiger partial charge in [0.15, 0.2) is 0 Å². The zero-order chi connectivity index (χ0) is 31.0. The van der Waals surface area contributed by atoms with Gasteiger partial charge in [0.05, 0.1) is 0 Å². The highest BCUT2D eigenvalue weighted by molar-refractivity contribution is 5.66. The molecule has 0 aromatic rings. The van der Waals surface area contributed by atoms with Gasteiger partial charge in [-0.15, -0.1) is 0 Å². The van der Waals surface area contributed by atoms with Crippen LogP contribution < -0.4 is 0 Å². The Hall–Kier alpha value is -1.14. The van der Waals surface area contributed by atoms with Gasteiger partial charge < -0.3 is 20.4 Å². The molecule has 0 bridgehead atoms. The maximum atomic E-state index is 9.37. The summed E-state index contributed by atoms with van der Waals surface area (Å²) in [7, 11) is 0. The largest absolute Gasteiger partial charge is 0.481 e. The van der Waals surface area contributed by atoms with Crippen molar-refractivity contribution in [3.63, 3.8) is 0 Å². The summed E-state index contributed by atoms with van der Waals surface area (Å²) in [5.74, 6) is -1.49. The molecule has 0 aliphatic heterocycles. The van der Waals surface area contributed by atoms with E-state index in [1.165, 1.54) is 141 Å². The smallest absolute Gasteiger partial charge is 0.303 e. The Balaban J connectivity index is -0.000000243. The van der Waals surface area contributed by atoms with Crippen LogP contribution in [0.2, 0.25) is 0 Å². The molecular weight excluding hydrogens is 504 g/mol. The van der Waals surface area contributed by atoms with Crippen molar-refractivity contribution >= 4 is 11.9 Å². The number of carboxylic acid groups (broad SMARTS) is 2. The quantitative estimate of drug-likeness (QED) is 0.0761.